The summed E-state index contributed by atoms with van der Waals surface area (Å²) in [5, 5.41) is 0. The predicted octanol–water partition coefficient (Wildman–Crippen LogP) is 2.34. The highest BCUT2D eigenvalue weighted by atomic mass is 16.5. The van der Waals surface area contributed by atoms with Gasteiger partial charge in [-0.1, -0.05) is 6.07 Å². The third-order valence-corrected chi connectivity index (χ3v) is 2.93. The van der Waals surface area contributed by atoms with Gasteiger partial charge in [-0.2, -0.15) is 0 Å². The zero-order valence-electron chi connectivity index (χ0n) is 12.5. The Morgan fingerprint density at radius 2 is 2.05 bits per heavy atom. The Kier molecular flexibility index (Phi) is 4.55. The summed E-state index contributed by atoms with van der Waals surface area (Å²) in [5.41, 5.74) is 8.02. The van der Waals surface area contributed by atoms with Gasteiger partial charge in [-0.15, -0.1) is 0 Å². The average Bonchev–Trinajstić information content (AvgIpc) is 2.46. The Labute approximate surface area is 124 Å². The van der Waals surface area contributed by atoms with E-state index in [1.165, 1.54) is 4.90 Å². The first kappa shape index (κ1) is 15.0. The number of carbonyl (C=O) groups is 1. The molecule has 2 aromatic rings. The molecule has 0 radical (unpaired) electrons. The maximum Gasteiger partial charge on any atom is 0.253 e. The van der Waals surface area contributed by atoms with Crippen molar-refractivity contribution in [1.82, 2.24) is 9.88 Å². The highest BCUT2D eigenvalue weighted by Gasteiger charge is 2.09. The van der Waals surface area contributed by atoms with E-state index >= 15 is 0 Å². The van der Waals surface area contributed by atoms with Gasteiger partial charge >= 0.3 is 0 Å². The smallest absolute Gasteiger partial charge is 0.253 e. The predicted molar refractivity (Wildman–Crippen MR) is 81.4 cm³/mol. The molecule has 1 aromatic carbocycles. The maximum atomic E-state index is 11.9. The molecule has 0 spiro atoms. The number of nitrogens with two attached hydrogens (primary N) is 1. The zero-order valence-corrected chi connectivity index (χ0v) is 12.5. The van der Waals surface area contributed by atoms with Gasteiger partial charge in [-0.05, 0) is 36.8 Å². The molecule has 0 saturated carbocycles. The summed E-state index contributed by atoms with van der Waals surface area (Å²) in [7, 11) is 3.43. The number of carbonyl (C=O) groups excluding carboxylic acids is 1. The van der Waals surface area contributed by atoms with Crippen molar-refractivity contribution in [1.29, 1.82) is 0 Å². The molecular weight excluding hydrogens is 266 g/mol. The minimum atomic E-state index is -0.0692. The summed E-state index contributed by atoms with van der Waals surface area (Å²) in [6.07, 6.45) is 0. The summed E-state index contributed by atoms with van der Waals surface area (Å²) in [6, 6.07) is 10.7. The van der Waals surface area contributed by atoms with Crippen LogP contribution in [0.3, 0.4) is 0 Å². The highest BCUT2D eigenvalue weighted by Crippen LogP contribution is 2.22. The fourth-order valence-corrected chi connectivity index (χ4v) is 1.95. The van der Waals surface area contributed by atoms with Gasteiger partial charge in [-0.25, -0.2) is 4.98 Å². The number of amides is 1. The van der Waals surface area contributed by atoms with Crippen LogP contribution in [0.15, 0.2) is 36.4 Å². The van der Waals surface area contributed by atoms with Gasteiger partial charge in [0.05, 0.1) is 0 Å². The maximum absolute atomic E-state index is 11.9. The van der Waals surface area contributed by atoms with E-state index in [0.29, 0.717) is 23.7 Å². The SMILES string of the molecule is Cc1cc(CN)cc(Oc2cccc(C(=O)N(C)C)c2)n1. The topological polar surface area (TPSA) is 68.5 Å². The number of rotatable bonds is 4. The monoisotopic (exact) mass is 285 g/mol. The van der Waals surface area contributed by atoms with Crippen LogP contribution in [0.25, 0.3) is 0 Å². The molecular formula is C16H19N3O2. The third-order valence-electron chi connectivity index (χ3n) is 2.93. The molecule has 110 valence electrons. The van der Waals surface area contributed by atoms with Gasteiger partial charge < -0.3 is 15.4 Å². The molecule has 0 unspecified atom stereocenters. The van der Waals surface area contributed by atoms with Gasteiger partial charge in [-0.3, -0.25) is 4.79 Å². The van der Waals surface area contributed by atoms with Crippen molar-refractivity contribution in [3.05, 3.63) is 53.2 Å². The van der Waals surface area contributed by atoms with Crippen molar-refractivity contribution in [3.63, 3.8) is 0 Å². The molecule has 1 heterocycles. The molecule has 1 aromatic heterocycles. The normalized spacial score (nSPS) is 10.3. The van der Waals surface area contributed by atoms with Crippen molar-refractivity contribution in [3.8, 4) is 11.6 Å². The number of benzene rings is 1. The van der Waals surface area contributed by atoms with Crippen molar-refractivity contribution >= 4 is 5.91 Å². The van der Waals surface area contributed by atoms with Crippen molar-refractivity contribution in [2.75, 3.05) is 14.1 Å². The largest absolute Gasteiger partial charge is 0.439 e. The molecule has 21 heavy (non-hydrogen) atoms. The molecule has 0 aliphatic rings. The molecule has 5 heteroatoms. The molecule has 2 N–H and O–H groups in total. The first-order valence-electron chi connectivity index (χ1n) is 6.67. The van der Waals surface area contributed by atoms with Crippen LogP contribution in [0, 0.1) is 6.92 Å². The molecule has 0 aliphatic carbocycles. The molecule has 0 atom stereocenters. The summed E-state index contributed by atoms with van der Waals surface area (Å²) < 4.78 is 5.73. The molecule has 0 aliphatic heterocycles. The lowest BCUT2D eigenvalue weighted by atomic mass is 10.2. The fraction of sp³-hybridized carbons (Fsp3) is 0.250. The van der Waals surface area contributed by atoms with Crippen molar-refractivity contribution < 1.29 is 9.53 Å². The molecule has 0 saturated heterocycles. The van der Waals surface area contributed by atoms with Crippen LogP contribution in [-0.4, -0.2) is 29.9 Å². The van der Waals surface area contributed by atoms with Gasteiger partial charge in [0.25, 0.3) is 5.91 Å². The number of hydrogen-bond acceptors (Lipinski definition) is 4. The van der Waals surface area contributed by atoms with E-state index in [2.05, 4.69) is 4.98 Å². The van der Waals surface area contributed by atoms with Gasteiger partial charge in [0.1, 0.15) is 5.75 Å². The second-order valence-corrected chi connectivity index (χ2v) is 4.99. The highest BCUT2D eigenvalue weighted by molar-refractivity contribution is 5.94. The van der Waals surface area contributed by atoms with Crippen LogP contribution in [0.2, 0.25) is 0 Å². The Balaban J connectivity index is 2.26. The van der Waals surface area contributed by atoms with Gasteiger partial charge in [0.2, 0.25) is 5.88 Å². The molecule has 0 fully saturated rings. The standard InChI is InChI=1S/C16H19N3O2/c1-11-7-12(10-17)8-15(18-11)21-14-6-4-5-13(9-14)16(20)19(2)3/h4-9H,10,17H2,1-3H3. The second-order valence-electron chi connectivity index (χ2n) is 4.99. The lowest BCUT2D eigenvalue weighted by Gasteiger charge is -2.12. The Morgan fingerprint density at radius 3 is 2.71 bits per heavy atom. The number of aryl methyl sites for hydroxylation is 1. The van der Waals surface area contributed by atoms with E-state index in [1.54, 1.807) is 44.4 Å². The Morgan fingerprint density at radius 1 is 1.29 bits per heavy atom. The van der Waals surface area contributed by atoms with E-state index in [4.69, 9.17) is 10.5 Å². The number of hydrogen-bond donors (Lipinski definition) is 1. The van der Waals surface area contributed by atoms with Crippen LogP contribution in [-0.2, 0) is 6.54 Å². The Bertz CT molecular complexity index is 654. The molecule has 0 bridgehead atoms. The second kappa shape index (κ2) is 6.37. The van der Waals surface area contributed by atoms with Gasteiger partial charge in [0, 0.05) is 38.0 Å². The number of ether oxygens (including phenoxy) is 1. The van der Waals surface area contributed by atoms with E-state index in [0.717, 1.165) is 11.3 Å². The molecule has 1 amide bonds. The van der Waals surface area contributed by atoms with Gasteiger partial charge in [0.15, 0.2) is 0 Å². The fourth-order valence-electron chi connectivity index (χ4n) is 1.95. The quantitative estimate of drug-likeness (QED) is 0.936. The average molecular weight is 285 g/mol. The lowest BCUT2D eigenvalue weighted by molar-refractivity contribution is 0.0827. The molecule has 2 rings (SSSR count). The minimum Gasteiger partial charge on any atom is -0.439 e. The summed E-state index contributed by atoms with van der Waals surface area (Å²) in [5.74, 6) is 0.981. The Hall–Kier alpha value is -2.40. The summed E-state index contributed by atoms with van der Waals surface area (Å²) in [6.45, 7) is 2.32. The van der Waals surface area contributed by atoms with E-state index < -0.39 is 0 Å². The van der Waals surface area contributed by atoms with E-state index in [1.807, 2.05) is 13.0 Å². The summed E-state index contributed by atoms with van der Waals surface area (Å²) >= 11 is 0. The number of pyridine rings is 1. The van der Waals surface area contributed by atoms with Crippen molar-refractivity contribution in [2.45, 2.75) is 13.5 Å². The number of aromatic nitrogens is 1. The summed E-state index contributed by atoms with van der Waals surface area (Å²) in [4.78, 5) is 17.8. The first-order chi connectivity index (χ1) is 9.99. The first-order valence-corrected chi connectivity index (χ1v) is 6.67. The van der Waals surface area contributed by atoms with Crippen LogP contribution in [0.5, 0.6) is 11.6 Å². The van der Waals surface area contributed by atoms with Crippen LogP contribution >= 0.6 is 0 Å². The zero-order chi connectivity index (χ0) is 15.4. The minimum absolute atomic E-state index is 0.0692. The third kappa shape index (κ3) is 3.79. The lowest BCUT2D eigenvalue weighted by Crippen LogP contribution is -2.21. The molecule has 5 nitrogen and oxygen atoms in total. The van der Waals surface area contributed by atoms with E-state index in [-0.39, 0.29) is 5.91 Å². The van der Waals surface area contributed by atoms with Crippen LogP contribution in [0.1, 0.15) is 21.6 Å². The van der Waals surface area contributed by atoms with Crippen molar-refractivity contribution in [2.24, 2.45) is 5.73 Å². The number of nitrogens with zero attached hydrogens (tertiary/aromatic N) is 2. The van der Waals surface area contributed by atoms with Crippen LogP contribution < -0.4 is 10.5 Å². The van der Waals surface area contributed by atoms with E-state index in [9.17, 15) is 4.79 Å². The van der Waals surface area contributed by atoms with Crippen LogP contribution in [0.4, 0.5) is 0 Å².